The first kappa shape index (κ1) is 9.85. The molecule has 0 bridgehead atoms. The molecule has 2 rings (SSSR count). The quantitative estimate of drug-likeness (QED) is 0.786. The second-order valence-corrected chi connectivity index (χ2v) is 3.80. The lowest BCUT2D eigenvalue weighted by molar-refractivity contribution is 0.0595. The second-order valence-electron chi connectivity index (χ2n) is 2.94. The maximum absolute atomic E-state index is 11.4. The molecule has 0 aliphatic carbocycles. The molecule has 78 valence electrons. The van der Waals surface area contributed by atoms with E-state index in [1.54, 1.807) is 6.20 Å². The predicted octanol–water partition coefficient (Wildman–Crippen LogP) is 1.63. The molecule has 0 aromatic carbocycles. The number of aromatic amines is 1. The maximum Gasteiger partial charge on any atom is 0.356 e. The molecule has 0 aliphatic rings. The minimum atomic E-state index is -0.435. The zero-order valence-electron chi connectivity index (χ0n) is 8.27. The van der Waals surface area contributed by atoms with Crippen molar-refractivity contribution in [1.29, 1.82) is 0 Å². The largest absolute Gasteiger partial charge is 0.464 e. The number of aryl methyl sites for hydroxylation is 1. The van der Waals surface area contributed by atoms with Gasteiger partial charge in [-0.3, -0.25) is 5.10 Å². The van der Waals surface area contributed by atoms with Gasteiger partial charge in [0.25, 0.3) is 0 Å². The van der Waals surface area contributed by atoms with Gasteiger partial charge < -0.3 is 4.74 Å². The number of aromatic nitrogens is 3. The van der Waals surface area contributed by atoms with Crippen LogP contribution in [0.2, 0.25) is 0 Å². The van der Waals surface area contributed by atoms with Crippen LogP contribution in [0.15, 0.2) is 11.6 Å². The molecule has 2 heterocycles. The molecule has 6 heteroatoms. The van der Waals surface area contributed by atoms with E-state index in [4.69, 9.17) is 0 Å². The van der Waals surface area contributed by atoms with Gasteiger partial charge in [-0.25, -0.2) is 9.78 Å². The van der Waals surface area contributed by atoms with Crippen LogP contribution >= 0.6 is 11.3 Å². The monoisotopic (exact) mass is 223 g/mol. The molecule has 2 aromatic rings. The number of nitrogens with one attached hydrogen (secondary N) is 1. The molecule has 5 nitrogen and oxygen atoms in total. The summed E-state index contributed by atoms with van der Waals surface area (Å²) < 4.78 is 4.63. The molecule has 15 heavy (non-hydrogen) atoms. The third kappa shape index (κ3) is 1.75. The molecule has 0 radical (unpaired) electrons. The minimum absolute atomic E-state index is 0.340. The van der Waals surface area contributed by atoms with Crippen LogP contribution in [-0.4, -0.2) is 28.3 Å². The van der Waals surface area contributed by atoms with E-state index in [1.165, 1.54) is 18.4 Å². The van der Waals surface area contributed by atoms with Gasteiger partial charge >= 0.3 is 5.97 Å². The molecule has 2 aromatic heterocycles. The zero-order chi connectivity index (χ0) is 10.8. The number of H-pyrrole nitrogens is 1. The van der Waals surface area contributed by atoms with Gasteiger partial charge in [0.05, 0.1) is 18.9 Å². The third-order valence-corrected chi connectivity index (χ3v) is 2.87. The first-order valence-electron chi connectivity index (χ1n) is 4.26. The highest BCUT2D eigenvalue weighted by atomic mass is 32.1. The van der Waals surface area contributed by atoms with Gasteiger partial charge in [0.2, 0.25) is 0 Å². The summed E-state index contributed by atoms with van der Waals surface area (Å²) in [4.78, 5) is 15.6. The fraction of sp³-hybridized carbons (Fsp3) is 0.222. The van der Waals surface area contributed by atoms with E-state index in [0.717, 1.165) is 10.7 Å². The van der Waals surface area contributed by atoms with Crippen LogP contribution in [0, 0.1) is 6.92 Å². The van der Waals surface area contributed by atoms with Crippen molar-refractivity contribution in [3.63, 3.8) is 0 Å². The van der Waals surface area contributed by atoms with Crippen LogP contribution < -0.4 is 0 Å². The molecule has 1 N–H and O–H groups in total. The molecule has 0 saturated carbocycles. The zero-order valence-corrected chi connectivity index (χ0v) is 9.09. The highest BCUT2D eigenvalue weighted by Gasteiger charge is 2.17. The summed E-state index contributed by atoms with van der Waals surface area (Å²) in [6, 6.07) is 0. The first-order valence-corrected chi connectivity index (χ1v) is 5.14. The Morgan fingerprint density at radius 2 is 2.40 bits per heavy atom. The van der Waals surface area contributed by atoms with Gasteiger partial charge in [-0.05, 0) is 6.92 Å². The van der Waals surface area contributed by atoms with Crippen LogP contribution in [-0.2, 0) is 4.74 Å². The summed E-state index contributed by atoms with van der Waals surface area (Å²) in [5.41, 5.74) is 1.94. The van der Waals surface area contributed by atoms with Crippen LogP contribution in [0.4, 0.5) is 0 Å². The van der Waals surface area contributed by atoms with Crippen molar-refractivity contribution in [2.24, 2.45) is 0 Å². The Kier molecular flexibility index (Phi) is 2.51. The van der Waals surface area contributed by atoms with Gasteiger partial charge in [0.15, 0.2) is 5.69 Å². The normalized spacial score (nSPS) is 10.3. The number of ether oxygens (including phenoxy) is 1. The number of hydrogen-bond donors (Lipinski definition) is 1. The van der Waals surface area contributed by atoms with Gasteiger partial charge in [-0.1, -0.05) is 0 Å². The molecular formula is C9H9N3O2S. The highest BCUT2D eigenvalue weighted by molar-refractivity contribution is 7.13. The van der Waals surface area contributed by atoms with Crippen molar-refractivity contribution in [3.8, 4) is 10.6 Å². The summed E-state index contributed by atoms with van der Waals surface area (Å²) in [6.07, 6.45) is 1.57. The van der Waals surface area contributed by atoms with Crippen molar-refractivity contribution in [1.82, 2.24) is 15.2 Å². The fourth-order valence-corrected chi connectivity index (χ4v) is 2.00. The maximum atomic E-state index is 11.4. The molecule has 0 aliphatic heterocycles. The van der Waals surface area contributed by atoms with E-state index in [2.05, 4.69) is 19.9 Å². The van der Waals surface area contributed by atoms with Crippen LogP contribution in [0.5, 0.6) is 0 Å². The number of carbonyl (C=O) groups excluding carboxylic acids is 1. The number of esters is 1. The Bertz CT molecular complexity index is 489. The minimum Gasteiger partial charge on any atom is -0.464 e. The molecule has 0 atom stereocenters. The number of rotatable bonds is 2. The molecule has 0 amide bonds. The van der Waals surface area contributed by atoms with Gasteiger partial charge in [0.1, 0.15) is 5.01 Å². The molecule has 0 saturated heterocycles. The number of methoxy groups -OCH3 is 1. The SMILES string of the molecule is COC(=O)c1[nH]ncc1-c1nc(C)cs1. The molecule has 0 fully saturated rings. The van der Waals surface area contributed by atoms with Crippen molar-refractivity contribution < 1.29 is 9.53 Å². The van der Waals surface area contributed by atoms with Gasteiger partial charge in [-0.2, -0.15) is 5.10 Å². The Hall–Kier alpha value is -1.69. The van der Waals surface area contributed by atoms with Gasteiger partial charge in [-0.15, -0.1) is 11.3 Å². The number of nitrogens with zero attached hydrogens (tertiary/aromatic N) is 2. The first-order chi connectivity index (χ1) is 7.22. The smallest absolute Gasteiger partial charge is 0.356 e. The van der Waals surface area contributed by atoms with Gasteiger partial charge in [0, 0.05) is 11.1 Å². The third-order valence-electron chi connectivity index (χ3n) is 1.88. The average Bonchev–Trinajstić information content (AvgIpc) is 2.84. The Morgan fingerprint density at radius 3 is 3.00 bits per heavy atom. The second kappa shape index (κ2) is 3.82. The number of thiazole rings is 1. The van der Waals surface area contributed by atoms with E-state index in [0.29, 0.717) is 11.3 Å². The number of carbonyl (C=O) groups is 1. The van der Waals surface area contributed by atoms with E-state index in [1.807, 2.05) is 12.3 Å². The van der Waals surface area contributed by atoms with E-state index < -0.39 is 5.97 Å². The van der Waals surface area contributed by atoms with Crippen LogP contribution in [0.1, 0.15) is 16.2 Å². The lowest BCUT2D eigenvalue weighted by atomic mass is 10.2. The van der Waals surface area contributed by atoms with Crippen molar-refractivity contribution in [2.75, 3.05) is 7.11 Å². The van der Waals surface area contributed by atoms with Crippen molar-refractivity contribution in [3.05, 3.63) is 23.0 Å². The summed E-state index contributed by atoms with van der Waals surface area (Å²) in [6.45, 7) is 1.90. The van der Waals surface area contributed by atoms with E-state index in [9.17, 15) is 4.79 Å². The Balaban J connectivity index is 2.45. The molecule has 0 spiro atoms. The Labute approximate surface area is 90.1 Å². The molecular weight excluding hydrogens is 214 g/mol. The lowest BCUT2D eigenvalue weighted by Crippen LogP contribution is -2.03. The van der Waals surface area contributed by atoms with Crippen LogP contribution in [0.3, 0.4) is 0 Å². The summed E-state index contributed by atoms with van der Waals surface area (Å²) >= 11 is 1.47. The van der Waals surface area contributed by atoms with E-state index >= 15 is 0 Å². The standard InChI is InChI=1S/C9H9N3O2S/c1-5-4-15-8(11-5)6-3-10-12-7(6)9(13)14-2/h3-4H,1-2H3,(H,10,12). The predicted molar refractivity (Wildman–Crippen MR) is 55.8 cm³/mol. The highest BCUT2D eigenvalue weighted by Crippen LogP contribution is 2.25. The summed E-state index contributed by atoms with van der Waals surface area (Å²) in [5, 5.41) is 9.11. The number of hydrogen-bond acceptors (Lipinski definition) is 5. The Morgan fingerprint density at radius 1 is 1.60 bits per heavy atom. The molecule has 0 unspecified atom stereocenters. The average molecular weight is 223 g/mol. The summed E-state index contributed by atoms with van der Waals surface area (Å²) in [5.74, 6) is -0.435. The van der Waals surface area contributed by atoms with E-state index in [-0.39, 0.29) is 0 Å². The lowest BCUT2D eigenvalue weighted by Gasteiger charge is -1.97. The topological polar surface area (TPSA) is 67.9 Å². The van der Waals surface area contributed by atoms with Crippen molar-refractivity contribution in [2.45, 2.75) is 6.92 Å². The fourth-order valence-electron chi connectivity index (χ4n) is 1.18. The van der Waals surface area contributed by atoms with Crippen LogP contribution in [0.25, 0.3) is 10.6 Å². The van der Waals surface area contributed by atoms with Crippen molar-refractivity contribution >= 4 is 17.3 Å². The summed E-state index contributed by atoms with van der Waals surface area (Å²) in [7, 11) is 1.33.